The van der Waals surface area contributed by atoms with Crippen LogP contribution in [0.2, 0.25) is 0 Å². The summed E-state index contributed by atoms with van der Waals surface area (Å²) in [7, 11) is 0. The molecule has 1 aromatic carbocycles. The highest BCUT2D eigenvalue weighted by Gasteiger charge is 2.12. The van der Waals surface area contributed by atoms with Gasteiger partial charge in [0.25, 0.3) is 0 Å². The van der Waals surface area contributed by atoms with Crippen LogP contribution in [-0.2, 0) is 0 Å². The molecule has 0 radical (unpaired) electrons. The standard InChI is InChI=1S/C15H22N4O/c1-3-4-11(7-8-20)17-14-12-9-10(2)5-6-13(12)18-15(16)19-14/h5-6,9,11,20H,3-4,7-8H2,1-2H3,(H3,16,17,18,19)/t11-/m0/s1. The van der Waals surface area contributed by atoms with Gasteiger partial charge in [-0.15, -0.1) is 0 Å². The number of nitrogens with one attached hydrogen (secondary N) is 1. The van der Waals surface area contributed by atoms with E-state index in [1.54, 1.807) is 0 Å². The third-order valence-electron chi connectivity index (χ3n) is 3.32. The molecule has 5 nitrogen and oxygen atoms in total. The zero-order valence-electron chi connectivity index (χ0n) is 12.1. The van der Waals surface area contributed by atoms with E-state index in [4.69, 9.17) is 10.8 Å². The van der Waals surface area contributed by atoms with Crippen LogP contribution in [0.25, 0.3) is 10.9 Å². The van der Waals surface area contributed by atoms with Crippen molar-refractivity contribution >= 4 is 22.7 Å². The van der Waals surface area contributed by atoms with E-state index < -0.39 is 0 Å². The third kappa shape index (κ3) is 3.36. The lowest BCUT2D eigenvalue weighted by atomic mass is 10.1. The molecule has 0 aliphatic carbocycles. The zero-order valence-corrected chi connectivity index (χ0v) is 12.1. The lowest BCUT2D eigenvalue weighted by molar-refractivity contribution is 0.276. The van der Waals surface area contributed by atoms with Crippen LogP contribution in [0.1, 0.15) is 31.7 Å². The molecule has 0 saturated carbocycles. The van der Waals surface area contributed by atoms with Crippen molar-refractivity contribution in [1.29, 1.82) is 0 Å². The molecule has 1 atom stereocenters. The van der Waals surface area contributed by atoms with Crippen LogP contribution < -0.4 is 11.1 Å². The summed E-state index contributed by atoms with van der Waals surface area (Å²) >= 11 is 0. The van der Waals surface area contributed by atoms with E-state index in [0.717, 1.165) is 35.1 Å². The summed E-state index contributed by atoms with van der Waals surface area (Å²) < 4.78 is 0. The van der Waals surface area contributed by atoms with Crippen molar-refractivity contribution in [2.45, 2.75) is 39.2 Å². The minimum atomic E-state index is 0.162. The van der Waals surface area contributed by atoms with Gasteiger partial charge in [-0.2, -0.15) is 4.98 Å². The number of anilines is 2. The van der Waals surface area contributed by atoms with Gasteiger partial charge >= 0.3 is 0 Å². The van der Waals surface area contributed by atoms with E-state index in [1.807, 2.05) is 19.1 Å². The predicted molar refractivity (Wildman–Crippen MR) is 82.7 cm³/mol. The van der Waals surface area contributed by atoms with Crippen molar-refractivity contribution < 1.29 is 5.11 Å². The largest absolute Gasteiger partial charge is 0.396 e. The topological polar surface area (TPSA) is 84.1 Å². The number of nitrogens with zero attached hydrogens (tertiary/aromatic N) is 2. The number of aromatic nitrogens is 2. The Hall–Kier alpha value is -1.88. The number of nitrogen functional groups attached to an aromatic ring is 1. The Bertz CT molecular complexity index is 579. The second-order valence-electron chi connectivity index (χ2n) is 5.09. The van der Waals surface area contributed by atoms with Gasteiger partial charge in [0.15, 0.2) is 0 Å². The monoisotopic (exact) mass is 274 g/mol. The van der Waals surface area contributed by atoms with Crippen LogP contribution in [0.3, 0.4) is 0 Å². The summed E-state index contributed by atoms with van der Waals surface area (Å²) in [6.07, 6.45) is 2.73. The summed E-state index contributed by atoms with van der Waals surface area (Å²) in [5.74, 6) is 1.02. The molecular weight excluding hydrogens is 252 g/mol. The molecule has 0 unspecified atom stereocenters. The number of nitrogens with two attached hydrogens (primary N) is 1. The lowest BCUT2D eigenvalue weighted by Gasteiger charge is -2.19. The van der Waals surface area contributed by atoms with Gasteiger partial charge in [0.1, 0.15) is 5.82 Å². The smallest absolute Gasteiger partial charge is 0.222 e. The molecule has 5 heteroatoms. The van der Waals surface area contributed by atoms with Crippen molar-refractivity contribution in [1.82, 2.24) is 9.97 Å². The van der Waals surface area contributed by atoms with Gasteiger partial charge in [-0.3, -0.25) is 0 Å². The number of aliphatic hydroxyl groups is 1. The van der Waals surface area contributed by atoms with Gasteiger partial charge in [-0.05, 0) is 31.9 Å². The van der Waals surface area contributed by atoms with Gasteiger partial charge in [-0.25, -0.2) is 4.98 Å². The fourth-order valence-electron chi connectivity index (χ4n) is 2.36. The number of aliphatic hydroxyl groups excluding tert-OH is 1. The first-order valence-corrected chi connectivity index (χ1v) is 7.05. The van der Waals surface area contributed by atoms with Crippen LogP contribution in [0.5, 0.6) is 0 Å². The van der Waals surface area contributed by atoms with Crippen molar-refractivity contribution in [3.8, 4) is 0 Å². The molecule has 0 aliphatic heterocycles. The molecule has 2 rings (SSSR count). The normalized spacial score (nSPS) is 12.6. The number of benzene rings is 1. The second kappa shape index (κ2) is 6.52. The quantitative estimate of drug-likeness (QED) is 0.753. The molecular formula is C15H22N4O. The first kappa shape index (κ1) is 14.5. The fourth-order valence-corrected chi connectivity index (χ4v) is 2.36. The van der Waals surface area contributed by atoms with Crippen LogP contribution in [-0.4, -0.2) is 27.7 Å². The van der Waals surface area contributed by atoms with E-state index in [-0.39, 0.29) is 18.6 Å². The first-order chi connectivity index (χ1) is 9.63. The van der Waals surface area contributed by atoms with E-state index >= 15 is 0 Å². The molecule has 0 amide bonds. The Morgan fingerprint density at radius 3 is 2.80 bits per heavy atom. The van der Waals surface area contributed by atoms with Crippen molar-refractivity contribution in [3.05, 3.63) is 23.8 Å². The molecule has 0 bridgehead atoms. The van der Waals surface area contributed by atoms with E-state index in [2.05, 4.69) is 28.3 Å². The molecule has 1 aromatic heterocycles. The maximum atomic E-state index is 9.16. The summed E-state index contributed by atoms with van der Waals surface area (Å²) in [6, 6.07) is 6.21. The molecule has 0 saturated heterocycles. The Labute approximate surface area is 119 Å². The van der Waals surface area contributed by atoms with Gasteiger partial charge < -0.3 is 16.2 Å². The number of rotatable bonds is 6. The second-order valence-corrected chi connectivity index (χ2v) is 5.09. The van der Waals surface area contributed by atoms with E-state index in [0.29, 0.717) is 6.42 Å². The summed E-state index contributed by atoms with van der Waals surface area (Å²) in [6.45, 7) is 4.33. The molecule has 0 fully saturated rings. The number of aryl methyl sites for hydroxylation is 1. The Morgan fingerprint density at radius 2 is 2.10 bits per heavy atom. The number of fused-ring (bicyclic) bond motifs is 1. The Balaban J connectivity index is 2.38. The van der Waals surface area contributed by atoms with Crippen LogP contribution in [0.4, 0.5) is 11.8 Å². The van der Waals surface area contributed by atoms with Crippen LogP contribution in [0, 0.1) is 6.92 Å². The summed E-state index contributed by atoms with van der Waals surface area (Å²) in [5.41, 5.74) is 7.77. The van der Waals surface area contributed by atoms with Crippen molar-refractivity contribution in [2.75, 3.05) is 17.7 Å². The van der Waals surface area contributed by atoms with Gasteiger partial charge in [-0.1, -0.05) is 25.0 Å². The maximum absolute atomic E-state index is 9.16. The highest BCUT2D eigenvalue weighted by molar-refractivity contribution is 5.90. The predicted octanol–water partition coefficient (Wildman–Crippen LogP) is 2.48. The molecule has 4 N–H and O–H groups in total. The third-order valence-corrected chi connectivity index (χ3v) is 3.32. The van der Waals surface area contributed by atoms with Gasteiger partial charge in [0.05, 0.1) is 5.52 Å². The average molecular weight is 274 g/mol. The molecule has 2 aromatic rings. The lowest BCUT2D eigenvalue weighted by Crippen LogP contribution is -2.22. The van der Waals surface area contributed by atoms with Crippen LogP contribution in [0.15, 0.2) is 18.2 Å². The average Bonchev–Trinajstić information content (AvgIpc) is 2.40. The fraction of sp³-hybridized carbons (Fsp3) is 0.467. The molecule has 0 spiro atoms. The number of hydrogen-bond acceptors (Lipinski definition) is 5. The first-order valence-electron chi connectivity index (χ1n) is 7.05. The van der Waals surface area contributed by atoms with Crippen molar-refractivity contribution in [3.63, 3.8) is 0 Å². The highest BCUT2D eigenvalue weighted by Crippen LogP contribution is 2.24. The van der Waals surface area contributed by atoms with Gasteiger partial charge in [0, 0.05) is 18.0 Å². The Morgan fingerprint density at radius 1 is 1.30 bits per heavy atom. The van der Waals surface area contributed by atoms with E-state index in [9.17, 15) is 0 Å². The summed E-state index contributed by atoms with van der Waals surface area (Å²) in [4.78, 5) is 8.57. The molecule has 1 heterocycles. The van der Waals surface area contributed by atoms with Gasteiger partial charge in [0.2, 0.25) is 5.95 Å². The highest BCUT2D eigenvalue weighted by atomic mass is 16.3. The molecule has 0 aliphatic rings. The maximum Gasteiger partial charge on any atom is 0.222 e. The number of hydrogen-bond donors (Lipinski definition) is 3. The Kier molecular flexibility index (Phi) is 4.74. The van der Waals surface area contributed by atoms with Crippen molar-refractivity contribution in [2.24, 2.45) is 0 Å². The SMILES string of the molecule is CCC[C@@H](CCO)Nc1nc(N)nc2ccc(C)cc12. The summed E-state index contributed by atoms with van der Waals surface area (Å²) in [5, 5.41) is 13.5. The minimum Gasteiger partial charge on any atom is -0.396 e. The molecule has 20 heavy (non-hydrogen) atoms. The van der Waals surface area contributed by atoms with Crippen LogP contribution >= 0.6 is 0 Å². The molecule has 108 valence electrons. The minimum absolute atomic E-state index is 0.162. The van der Waals surface area contributed by atoms with E-state index in [1.165, 1.54) is 0 Å². The zero-order chi connectivity index (χ0) is 14.5.